The van der Waals surface area contributed by atoms with Crippen molar-refractivity contribution < 1.29 is 17.0 Å². The van der Waals surface area contributed by atoms with Crippen LogP contribution in [0, 0.1) is 11.8 Å². The van der Waals surface area contributed by atoms with Crippen LogP contribution in [0.15, 0.2) is 44.6 Å². The molecule has 2 rings (SSSR count). The number of hydrogen-bond donors (Lipinski definition) is 0. The molecule has 0 unspecified atom stereocenters. The summed E-state index contributed by atoms with van der Waals surface area (Å²) in [4.78, 5) is 0. The molecule has 0 atom stereocenters. The topological polar surface area (TPSA) is 0 Å². The van der Waals surface area contributed by atoms with Gasteiger partial charge in [-0.2, -0.15) is 0 Å². The van der Waals surface area contributed by atoms with E-state index in [1.54, 1.807) is 22.3 Å². The van der Waals surface area contributed by atoms with Gasteiger partial charge in [-0.05, 0) is 89.5 Å². The molecule has 0 aromatic rings. The first-order chi connectivity index (χ1) is 10.5. The minimum absolute atomic E-state index is 0.556. The van der Waals surface area contributed by atoms with Crippen molar-refractivity contribution in [1.82, 2.24) is 0 Å². The van der Waals surface area contributed by atoms with Crippen molar-refractivity contribution >= 4 is 18.6 Å². The average molecular weight is 391 g/mol. The average Bonchev–Trinajstić information content (AvgIpc) is 2.80. The van der Waals surface area contributed by atoms with Crippen molar-refractivity contribution in [2.75, 3.05) is 0 Å². The van der Waals surface area contributed by atoms with Crippen LogP contribution in [-0.2, 0) is 17.0 Å². The molecule has 3 heteroatoms. The van der Waals surface area contributed by atoms with Crippen LogP contribution < -0.4 is 0 Å². The predicted octanol–water partition coefficient (Wildman–Crippen LogP) is 7.99. The van der Waals surface area contributed by atoms with Crippen LogP contribution in [0.4, 0.5) is 0 Å². The summed E-state index contributed by atoms with van der Waals surface area (Å²) < 4.78 is 0. The van der Waals surface area contributed by atoms with Crippen LogP contribution in [-0.4, -0.2) is 0 Å². The van der Waals surface area contributed by atoms with E-state index in [-0.39, 0.29) is 0 Å². The normalized spacial score (nSPS) is 19.1. The van der Waals surface area contributed by atoms with E-state index in [4.69, 9.17) is 18.6 Å². The van der Waals surface area contributed by atoms with Gasteiger partial charge in [-0.15, -0.1) is 0 Å². The third-order valence-corrected chi connectivity index (χ3v) is 6.09. The van der Waals surface area contributed by atoms with Crippen LogP contribution >= 0.6 is 18.6 Å². The fraction of sp³-hybridized carbons (Fsp3) is 0.600. The van der Waals surface area contributed by atoms with Crippen molar-refractivity contribution in [2.24, 2.45) is 11.8 Å². The van der Waals surface area contributed by atoms with Crippen LogP contribution in [0.5, 0.6) is 0 Å². The molecule has 0 aliphatic heterocycles. The van der Waals surface area contributed by atoms with Gasteiger partial charge in [-0.25, -0.2) is 0 Å². The van der Waals surface area contributed by atoms with E-state index in [1.165, 1.54) is 22.3 Å². The molecule has 0 fully saturated rings. The maximum absolute atomic E-state index is 4.89. The van der Waals surface area contributed by atoms with Gasteiger partial charge in [0.25, 0.3) is 0 Å². The van der Waals surface area contributed by atoms with Gasteiger partial charge in [0, 0.05) is 0 Å². The first-order valence-electron chi connectivity index (χ1n) is 8.19. The van der Waals surface area contributed by atoms with Crippen molar-refractivity contribution in [2.45, 2.75) is 69.2 Å². The summed E-state index contributed by atoms with van der Waals surface area (Å²) in [5.74, 6) is 1.39. The Bertz CT molecular complexity index is 464. The number of rotatable bonds is 0. The molecule has 0 aromatic heterocycles. The third kappa shape index (κ3) is 5.63. The second kappa shape index (κ2) is 10.3. The van der Waals surface area contributed by atoms with Gasteiger partial charge < -0.3 is 0 Å². The molecular weight excluding hydrogens is 359 g/mol. The van der Waals surface area contributed by atoms with Crippen molar-refractivity contribution in [3.05, 3.63) is 44.6 Å². The van der Waals surface area contributed by atoms with E-state index in [2.05, 4.69) is 69.2 Å². The third-order valence-electron chi connectivity index (χ3n) is 6.09. The first-order valence-corrected chi connectivity index (χ1v) is 12.5. The van der Waals surface area contributed by atoms with Gasteiger partial charge in [0.05, 0.1) is 0 Å². The maximum atomic E-state index is 4.89. The Morgan fingerprint density at radius 1 is 0.522 bits per heavy atom. The molecule has 2 aliphatic carbocycles. The van der Waals surface area contributed by atoms with Crippen molar-refractivity contribution in [3.8, 4) is 0 Å². The predicted molar refractivity (Wildman–Crippen MR) is 104 cm³/mol. The molecule has 0 saturated carbocycles. The van der Waals surface area contributed by atoms with Crippen LogP contribution in [0.3, 0.4) is 0 Å². The SMILES string of the molecule is CC1=C(C)C(C)C(C)=C1C.CC1=C(C)C(C)C(C)=C1C.[Cl][Ti][Cl]. The molecule has 0 bridgehead atoms. The van der Waals surface area contributed by atoms with E-state index < -0.39 is 17.0 Å². The van der Waals surface area contributed by atoms with Crippen LogP contribution in [0.2, 0.25) is 0 Å². The van der Waals surface area contributed by atoms with E-state index in [0.29, 0.717) is 11.8 Å². The zero-order chi connectivity index (χ0) is 18.5. The zero-order valence-electron chi connectivity index (χ0n) is 16.4. The molecule has 0 amide bonds. The van der Waals surface area contributed by atoms with Gasteiger partial charge in [0.15, 0.2) is 0 Å². The molecule has 2 aliphatic rings. The Morgan fingerprint density at radius 2 is 0.652 bits per heavy atom. The van der Waals surface area contributed by atoms with Crippen molar-refractivity contribution in [1.29, 1.82) is 0 Å². The van der Waals surface area contributed by atoms with Gasteiger partial charge in [-0.3, -0.25) is 0 Å². The molecule has 0 nitrogen and oxygen atoms in total. The van der Waals surface area contributed by atoms with E-state index >= 15 is 0 Å². The molecule has 0 spiro atoms. The Labute approximate surface area is 160 Å². The summed E-state index contributed by atoms with van der Waals surface area (Å²) in [5.41, 5.74) is 12.2. The van der Waals surface area contributed by atoms with Gasteiger partial charge in [0.1, 0.15) is 0 Å². The van der Waals surface area contributed by atoms with Gasteiger partial charge in [-0.1, -0.05) is 36.1 Å². The summed E-state index contributed by atoms with van der Waals surface area (Å²) in [5, 5.41) is 0. The molecule has 0 radical (unpaired) electrons. The Morgan fingerprint density at radius 3 is 0.696 bits per heavy atom. The zero-order valence-corrected chi connectivity index (χ0v) is 19.5. The molecule has 130 valence electrons. The number of halogens is 2. The summed E-state index contributed by atoms with van der Waals surface area (Å²) in [7, 11) is 9.78. The number of hydrogen-bond acceptors (Lipinski definition) is 0. The molecule has 0 heterocycles. The summed E-state index contributed by atoms with van der Waals surface area (Å²) in [6.07, 6.45) is 0. The fourth-order valence-corrected chi connectivity index (χ4v) is 3.13. The molecule has 0 N–H and O–H groups in total. The van der Waals surface area contributed by atoms with Crippen LogP contribution in [0.1, 0.15) is 69.2 Å². The Balaban J connectivity index is 0.000000360. The number of allylic oxidation sites excluding steroid dienone is 8. The minimum atomic E-state index is -0.556. The molecule has 23 heavy (non-hydrogen) atoms. The molecular formula is C20H32Cl2Ti. The summed E-state index contributed by atoms with van der Waals surface area (Å²) in [6, 6.07) is 0. The second-order valence-corrected chi connectivity index (χ2v) is 9.33. The van der Waals surface area contributed by atoms with Gasteiger partial charge >= 0.3 is 35.6 Å². The quantitative estimate of drug-likeness (QED) is 0.367. The van der Waals surface area contributed by atoms with E-state index in [0.717, 1.165) is 0 Å². The second-order valence-electron chi connectivity index (χ2n) is 6.75. The summed E-state index contributed by atoms with van der Waals surface area (Å²) in [6.45, 7) is 22.4. The van der Waals surface area contributed by atoms with Gasteiger partial charge in [0.2, 0.25) is 0 Å². The summed E-state index contributed by atoms with van der Waals surface area (Å²) >= 11 is -0.556. The van der Waals surface area contributed by atoms with E-state index in [9.17, 15) is 0 Å². The standard InChI is InChI=1S/2C10H16.2ClH.Ti/c2*1-6-7(2)9(4)10(5)8(6)3;;;/h2*6H,1-5H3;2*1H;/q;;;;+2/p-2. The first kappa shape index (κ1) is 23.3. The monoisotopic (exact) mass is 390 g/mol. The Hall–Kier alpha value is 0.254. The van der Waals surface area contributed by atoms with Crippen LogP contribution in [0.25, 0.3) is 0 Å². The van der Waals surface area contributed by atoms with Crippen molar-refractivity contribution in [3.63, 3.8) is 0 Å². The Kier molecular flexibility index (Phi) is 10.4. The van der Waals surface area contributed by atoms with E-state index in [1.807, 2.05) is 0 Å². The molecule has 0 aromatic carbocycles. The molecule has 0 saturated heterocycles. The fourth-order valence-electron chi connectivity index (χ4n) is 3.13.